The van der Waals surface area contributed by atoms with Crippen molar-refractivity contribution in [1.82, 2.24) is 4.90 Å². The molecule has 4 rings (SSSR count). The Morgan fingerprint density at radius 1 is 1.12 bits per heavy atom. The second-order valence-corrected chi connectivity index (χ2v) is 7.77. The zero-order chi connectivity index (χ0) is 16.7. The fraction of sp³-hybridized carbons (Fsp3) is 0.600. The van der Waals surface area contributed by atoms with E-state index in [0.29, 0.717) is 11.5 Å². The zero-order valence-corrected chi connectivity index (χ0v) is 14.4. The van der Waals surface area contributed by atoms with E-state index in [-0.39, 0.29) is 17.7 Å². The number of hydrogen-bond acceptors (Lipinski definition) is 2. The molecule has 2 bridgehead atoms. The summed E-state index contributed by atoms with van der Waals surface area (Å²) in [4.78, 5) is 27.5. The number of nitrogens with zero attached hydrogens (tertiary/aromatic N) is 1. The Morgan fingerprint density at radius 3 is 2.58 bits per heavy atom. The van der Waals surface area contributed by atoms with Gasteiger partial charge in [-0.3, -0.25) is 9.59 Å². The van der Waals surface area contributed by atoms with E-state index in [0.717, 1.165) is 49.5 Å². The number of fused-ring (bicyclic) bond motifs is 2. The number of aryl methyl sites for hydroxylation is 1. The van der Waals surface area contributed by atoms with Crippen LogP contribution in [0.25, 0.3) is 0 Å². The minimum absolute atomic E-state index is 0.0550. The molecule has 1 aromatic rings. The lowest BCUT2D eigenvalue weighted by molar-refractivity contribution is -0.121. The number of anilines is 1. The van der Waals surface area contributed by atoms with Crippen LogP contribution in [-0.2, 0) is 4.79 Å². The second kappa shape index (κ2) is 6.23. The number of likely N-dealkylation sites (tertiary alicyclic amines) is 1. The summed E-state index contributed by atoms with van der Waals surface area (Å²) < 4.78 is 0. The number of benzene rings is 1. The van der Waals surface area contributed by atoms with Gasteiger partial charge in [-0.1, -0.05) is 18.6 Å². The molecule has 2 aliphatic carbocycles. The molecule has 1 N–H and O–H groups in total. The lowest BCUT2D eigenvalue weighted by atomic mass is 9.88. The number of para-hydroxylation sites is 1. The van der Waals surface area contributed by atoms with Crippen LogP contribution in [0.1, 0.15) is 54.4 Å². The first-order chi connectivity index (χ1) is 11.6. The molecule has 2 saturated carbocycles. The van der Waals surface area contributed by atoms with Crippen LogP contribution in [0.4, 0.5) is 5.69 Å². The van der Waals surface area contributed by atoms with E-state index in [4.69, 9.17) is 0 Å². The summed E-state index contributed by atoms with van der Waals surface area (Å²) in [7, 11) is 0. The number of carbonyl (C=O) groups is 2. The quantitative estimate of drug-likeness (QED) is 0.922. The highest BCUT2D eigenvalue weighted by Gasteiger charge is 2.43. The highest BCUT2D eigenvalue weighted by atomic mass is 16.2. The van der Waals surface area contributed by atoms with Gasteiger partial charge in [0.25, 0.3) is 5.91 Å². The molecule has 1 aliphatic heterocycles. The molecule has 1 heterocycles. The van der Waals surface area contributed by atoms with Gasteiger partial charge in [-0.05, 0) is 62.5 Å². The van der Waals surface area contributed by atoms with Crippen LogP contribution in [-0.4, -0.2) is 29.8 Å². The van der Waals surface area contributed by atoms with Gasteiger partial charge in [-0.2, -0.15) is 0 Å². The van der Waals surface area contributed by atoms with Crippen LogP contribution in [0.15, 0.2) is 18.2 Å². The van der Waals surface area contributed by atoms with Crippen LogP contribution in [0.3, 0.4) is 0 Å². The van der Waals surface area contributed by atoms with Gasteiger partial charge in [-0.25, -0.2) is 0 Å². The van der Waals surface area contributed by atoms with Crippen LogP contribution >= 0.6 is 0 Å². The van der Waals surface area contributed by atoms with Crippen molar-refractivity contribution in [1.29, 1.82) is 0 Å². The van der Waals surface area contributed by atoms with Gasteiger partial charge in [0.15, 0.2) is 0 Å². The Bertz CT molecular complexity index is 664. The summed E-state index contributed by atoms with van der Waals surface area (Å²) in [6.45, 7) is 3.62. The van der Waals surface area contributed by atoms with Gasteiger partial charge < -0.3 is 10.2 Å². The maximum atomic E-state index is 12.8. The molecule has 1 saturated heterocycles. The molecule has 0 radical (unpaired) electrons. The van der Waals surface area contributed by atoms with Crippen molar-refractivity contribution in [2.75, 3.05) is 18.4 Å². The summed E-state index contributed by atoms with van der Waals surface area (Å²) in [5.41, 5.74) is 2.34. The zero-order valence-electron chi connectivity index (χ0n) is 14.4. The van der Waals surface area contributed by atoms with E-state index < -0.39 is 0 Å². The third-order valence-corrected chi connectivity index (χ3v) is 6.22. The first kappa shape index (κ1) is 15.7. The first-order valence-corrected chi connectivity index (χ1v) is 9.33. The normalized spacial score (nSPS) is 28.4. The van der Waals surface area contributed by atoms with Gasteiger partial charge in [0.05, 0.1) is 11.3 Å². The Labute approximate surface area is 143 Å². The first-order valence-electron chi connectivity index (χ1n) is 9.33. The van der Waals surface area contributed by atoms with E-state index in [1.807, 2.05) is 30.0 Å². The minimum Gasteiger partial charge on any atom is -0.339 e. The average molecular weight is 326 g/mol. The van der Waals surface area contributed by atoms with Gasteiger partial charge in [0, 0.05) is 19.0 Å². The highest BCUT2D eigenvalue weighted by molar-refractivity contribution is 6.05. The predicted octanol–water partition coefficient (Wildman–Crippen LogP) is 3.61. The number of nitrogens with one attached hydrogen (secondary N) is 1. The SMILES string of the molecule is Cc1cccc(C(=O)N2CCCC2)c1NC(=O)C1CC2CCC1C2. The molecule has 0 aromatic heterocycles. The number of carbonyl (C=O) groups excluding carboxylic acids is 2. The molecule has 4 nitrogen and oxygen atoms in total. The maximum absolute atomic E-state index is 12.8. The summed E-state index contributed by atoms with van der Waals surface area (Å²) >= 11 is 0. The second-order valence-electron chi connectivity index (χ2n) is 7.77. The van der Waals surface area contributed by atoms with E-state index in [1.165, 1.54) is 19.3 Å². The van der Waals surface area contributed by atoms with Crippen molar-refractivity contribution in [3.05, 3.63) is 29.3 Å². The summed E-state index contributed by atoms with van der Waals surface area (Å²) in [5.74, 6) is 1.61. The number of rotatable bonds is 3. The fourth-order valence-corrected chi connectivity index (χ4v) is 4.88. The summed E-state index contributed by atoms with van der Waals surface area (Å²) in [6, 6.07) is 5.73. The average Bonchev–Trinajstić information content (AvgIpc) is 3.33. The molecule has 3 unspecified atom stereocenters. The lowest BCUT2D eigenvalue weighted by Crippen LogP contribution is -2.31. The fourth-order valence-electron chi connectivity index (χ4n) is 4.88. The largest absolute Gasteiger partial charge is 0.339 e. The third kappa shape index (κ3) is 2.72. The molecule has 0 spiro atoms. The minimum atomic E-state index is 0.0550. The number of hydrogen-bond donors (Lipinski definition) is 1. The molecule has 1 aromatic carbocycles. The summed E-state index contributed by atoms with van der Waals surface area (Å²) in [6.07, 6.45) is 6.87. The smallest absolute Gasteiger partial charge is 0.255 e. The molecular weight excluding hydrogens is 300 g/mol. The molecule has 3 aliphatic rings. The van der Waals surface area contributed by atoms with Gasteiger partial charge in [-0.15, -0.1) is 0 Å². The summed E-state index contributed by atoms with van der Waals surface area (Å²) in [5, 5.41) is 3.12. The Hall–Kier alpha value is -1.84. The molecule has 128 valence electrons. The predicted molar refractivity (Wildman–Crippen MR) is 93.9 cm³/mol. The van der Waals surface area contributed by atoms with E-state index in [9.17, 15) is 9.59 Å². The van der Waals surface area contributed by atoms with Crippen LogP contribution in [0.5, 0.6) is 0 Å². The van der Waals surface area contributed by atoms with Crippen molar-refractivity contribution < 1.29 is 9.59 Å². The van der Waals surface area contributed by atoms with Crippen LogP contribution in [0.2, 0.25) is 0 Å². The monoisotopic (exact) mass is 326 g/mol. The topological polar surface area (TPSA) is 49.4 Å². The van der Waals surface area contributed by atoms with Gasteiger partial charge in [0.1, 0.15) is 0 Å². The van der Waals surface area contributed by atoms with Crippen molar-refractivity contribution in [2.45, 2.75) is 45.4 Å². The standard InChI is InChI=1S/C20H26N2O2/c1-13-5-4-6-16(20(24)22-9-2-3-10-22)18(13)21-19(23)17-12-14-7-8-15(17)11-14/h4-6,14-15,17H,2-3,7-12H2,1H3,(H,21,23). The molecule has 3 atom stereocenters. The van der Waals surface area contributed by atoms with Gasteiger partial charge in [0.2, 0.25) is 5.91 Å². The molecule has 24 heavy (non-hydrogen) atoms. The van der Waals surface area contributed by atoms with E-state index in [1.54, 1.807) is 0 Å². The van der Waals surface area contributed by atoms with Gasteiger partial charge >= 0.3 is 0 Å². The molecule has 4 heteroatoms. The molecule has 2 amide bonds. The van der Waals surface area contributed by atoms with E-state index in [2.05, 4.69) is 5.32 Å². The highest BCUT2D eigenvalue weighted by Crippen LogP contribution is 2.48. The number of amides is 2. The van der Waals surface area contributed by atoms with Crippen molar-refractivity contribution in [3.8, 4) is 0 Å². The van der Waals surface area contributed by atoms with Crippen LogP contribution in [0, 0.1) is 24.7 Å². The Kier molecular flexibility index (Phi) is 4.07. The lowest BCUT2D eigenvalue weighted by Gasteiger charge is -2.23. The molecule has 3 fully saturated rings. The van der Waals surface area contributed by atoms with E-state index >= 15 is 0 Å². The van der Waals surface area contributed by atoms with Crippen molar-refractivity contribution >= 4 is 17.5 Å². The Balaban J connectivity index is 1.56. The van der Waals surface area contributed by atoms with Crippen molar-refractivity contribution in [2.24, 2.45) is 17.8 Å². The maximum Gasteiger partial charge on any atom is 0.255 e. The Morgan fingerprint density at radius 2 is 1.92 bits per heavy atom. The van der Waals surface area contributed by atoms with Crippen molar-refractivity contribution in [3.63, 3.8) is 0 Å². The molecular formula is C20H26N2O2. The third-order valence-electron chi connectivity index (χ3n) is 6.22. The van der Waals surface area contributed by atoms with Crippen LogP contribution < -0.4 is 5.32 Å².